The van der Waals surface area contributed by atoms with Crippen molar-refractivity contribution < 1.29 is 9.63 Å². The molecule has 0 aromatic heterocycles. The number of carbonyl (C=O) groups excluding carboxylic acids is 1. The second kappa shape index (κ2) is 6.55. The highest BCUT2D eigenvalue weighted by Crippen LogP contribution is 2.16. The highest BCUT2D eigenvalue weighted by Gasteiger charge is 2.13. The Labute approximate surface area is 123 Å². The maximum Gasteiger partial charge on any atom is 0.184 e. The van der Waals surface area contributed by atoms with E-state index < -0.39 is 0 Å². The molecule has 2 aromatic carbocycles. The summed E-state index contributed by atoms with van der Waals surface area (Å²) in [4.78, 5) is 17.5. The Morgan fingerprint density at radius 1 is 1.10 bits per heavy atom. The van der Waals surface area contributed by atoms with E-state index in [1.165, 1.54) is 0 Å². The number of aryl methyl sites for hydroxylation is 1. The number of nitrogens with zero attached hydrogens (tertiary/aromatic N) is 1. The van der Waals surface area contributed by atoms with Crippen LogP contribution in [0.15, 0.2) is 48.5 Å². The third-order valence-electron chi connectivity index (χ3n) is 3.00. The van der Waals surface area contributed by atoms with Crippen molar-refractivity contribution in [3.05, 3.63) is 64.7 Å². The minimum absolute atomic E-state index is 0.0240. The Morgan fingerprint density at radius 3 is 2.25 bits per heavy atom. The molecular formula is C16H16ClNO2. The van der Waals surface area contributed by atoms with Crippen molar-refractivity contribution in [1.29, 1.82) is 0 Å². The molecule has 0 spiro atoms. The number of hydrogen-bond acceptors (Lipinski definition) is 3. The fourth-order valence-electron chi connectivity index (χ4n) is 1.83. The smallest absolute Gasteiger partial charge is 0.184 e. The van der Waals surface area contributed by atoms with Crippen LogP contribution < -0.4 is 5.06 Å². The van der Waals surface area contributed by atoms with Crippen LogP contribution in [0.3, 0.4) is 0 Å². The lowest BCUT2D eigenvalue weighted by Crippen LogP contribution is -2.28. The minimum atomic E-state index is -0.0240. The fourth-order valence-corrected chi connectivity index (χ4v) is 1.96. The van der Waals surface area contributed by atoms with E-state index in [4.69, 9.17) is 16.4 Å². The summed E-state index contributed by atoms with van der Waals surface area (Å²) in [6, 6.07) is 14.7. The average Bonchev–Trinajstić information content (AvgIpc) is 2.46. The fraction of sp³-hybridized carbons (Fsp3) is 0.188. The molecule has 20 heavy (non-hydrogen) atoms. The Balaban J connectivity index is 2.11. The van der Waals surface area contributed by atoms with Gasteiger partial charge in [0.25, 0.3) is 0 Å². The lowest BCUT2D eigenvalue weighted by molar-refractivity contribution is 0.0932. The average molecular weight is 290 g/mol. The molecule has 0 aliphatic heterocycles. The number of carbonyl (C=O) groups is 1. The summed E-state index contributed by atoms with van der Waals surface area (Å²) < 4.78 is 0. The van der Waals surface area contributed by atoms with Gasteiger partial charge >= 0.3 is 0 Å². The van der Waals surface area contributed by atoms with Gasteiger partial charge in [0.2, 0.25) is 0 Å². The van der Waals surface area contributed by atoms with Crippen LogP contribution in [0.4, 0.5) is 5.69 Å². The van der Waals surface area contributed by atoms with Crippen molar-refractivity contribution in [2.45, 2.75) is 6.92 Å². The van der Waals surface area contributed by atoms with E-state index in [-0.39, 0.29) is 12.3 Å². The highest BCUT2D eigenvalue weighted by molar-refractivity contribution is 6.30. The second-order valence-corrected chi connectivity index (χ2v) is 4.92. The van der Waals surface area contributed by atoms with Crippen molar-refractivity contribution in [1.82, 2.24) is 0 Å². The number of halogens is 1. The van der Waals surface area contributed by atoms with Crippen molar-refractivity contribution in [3.8, 4) is 0 Å². The Hall–Kier alpha value is -1.84. The van der Waals surface area contributed by atoms with E-state index in [0.29, 0.717) is 10.6 Å². The van der Waals surface area contributed by atoms with Gasteiger partial charge in [0, 0.05) is 10.6 Å². The van der Waals surface area contributed by atoms with Crippen LogP contribution in [0.25, 0.3) is 0 Å². The first-order chi connectivity index (χ1) is 9.60. The topological polar surface area (TPSA) is 29.5 Å². The standard InChI is InChI=1S/C16H16ClNO2/c1-12-3-9-15(10-4-12)18(20-2)11-16(19)13-5-7-14(17)8-6-13/h3-10H,11H2,1-2H3. The summed E-state index contributed by atoms with van der Waals surface area (Å²) in [5.74, 6) is -0.0240. The summed E-state index contributed by atoms with van der Waals surface area (Å²) in [5.41, 5.74) is 2.62. The van der Waals surface area contributed by atoms with Gasteiger partial charge in [-0.3, -0.25) is 9.63 Å². The van der Waals surface area contributed by atoms with Crippen molar-refractivity contribution in [2.75, 3.05) is 18.7 Å². The predicted octanol–water partition coefficient (Wildman–Crippen LogP) is 3.90. The molecule has 4 heteroatoms. The van der Waals surface area contributed by atoms with Gasteiger partial charge in [-0.1, -0.05) is 29.3 Å². The highest BCUT2D eigenvalue weighted by atomic mass is 35.5. The lowest BCUT2D eigenvalue weighted by atomic mass is 10.1. The zero-order chi connectivity index (χ0) is 14.5. The molecule has 0 aliphatic carbocycles. The molecule has 0 fully saturated rings. The van der Waals surface area contributed by atoms with Crippen molar-refractivity contribution in [3.63, 3.8) is 0 Å². The van der Waals surface area contributed by atoms with Gasteiger partial charge in [0.1, 0.15) is 6.54 Å². The molecule has 0 radical (unpaired) electrons. The van der Waals surface area contributed by atoms with E-state index in [9.17, 15) is 4.79 Å². The van der Waals surface area contributed by atoms with Gasteiger partial charge in [0.05, 0.1) is 12.8 Å². The molecule has 2 rings (SSSR count). The van der Waals surface area contributed by atoms with Crippen LogP contribution in [0.1, 0.15) is 15.9 Å². The molecule has 0 aliphatic rings. The van der Waals surface area contributed by atoms with E-state index in [2.05, 4.69) is 0 Å². The van der Waals surface area contributed by atoms with Crippen LogP contribution in [0.5, 0.6) is 0 Å². The summed E-state index contributed by atoms with van der Waals surface area (Å²) in [7, 11) is 1.55. The van der Waals surface area contributed by atoms with Gasteiger partial charge in [-0.15, -0.1) is 0 Å². The van der Waals surface area contributed by atoms with Crippen molar-refractivity contribution in [2.24, 2.45) is 0 Å². The summed E-state index contributed by atoms with van der Waals surface area (Å²) in [5, 5.41) is 2.18. The third-order valence-corrected chi connectivity index (χ3v) is 3.25. The zero-order valence-electron chi connectivity index (χ0n) is 11.5. The molecule has 0 amide bonds. The number of rotatable bonds is 5. The molecule has 104 valence electrons. The molecule has 0 heterocycles. The summed E-state index contributed by atoms with van der Waals surface area (Å²) in [6.45, 7) is 2.17. The van der Waals surface area contributed by atoms with Crippen molar-refractivity contribution >= 4 is 23.1 Å². The molecule has 3 nitrogen and oxygen atoms in total. The maximum atomic E-state index is 12.2. The largest absolute Gasteiger partial charge is 0.292 e. The Bertz CT molecular complexity index is 578. The molecule has 0 unspecified atom stereocenters. The van der Waals surface area contributed by atoms with Crippen LogP contribution in [0, 0.1) is 6.92 Å². The molecule has 0 bridgehead atoms. The Kier molecular flexibility index (Phi) is 4.77. The first-order valence-electron chi connectivity index (χ1n) is 6.27. The Morgan fingerprint density at radius 2 is 1.70 bits per heavy atom. The van der Waals surface area contributed by atoms with Gasteiger partial charge in [-0.2, -0.15) is 0 Å². The molecular weight excluding hydrogens is 274 g/mol. The first-order valence-corrected chi connectivity index (χ1v) is 6.65. The second-order valence-electron chi connectivity index (χ2n) is 4.48. The van der Waals surface area contributed by atoms with E-state index >= 15 is 0 Å². The quantitative estimate of drug-likeness (QED) is 0.617. The van der Waals surface area contributed by atoms with Gasteiger partial charge in [0.15, 0.2) is 5.78 Å². The number of Topliss-reactive ketones (excluding diaryl/α,β-unsaturated/α-hetero) is 1. The van der Waals surface area contributed by atoms with Gasteiger partial charge < -0.3 is 0 Å². The van der Waals surface area contributed by atoms with E-state index in [0.717, 1.165) is 11.3 Å². The predicted molar refractivity (Wildman–Crippen MR) is 81.3 cm³/mol. The van der Waals surface area contributed by atoms with Crippen LogP contribution in [-0.4, -0.2) is 19.4 Å². The number of hydrogen-bond donors (Lipinski definition) is 0. The summed E-state index contributed by atoms with van der Waals surface area (Å²) >= 11 is 5.81. The van der Waals surface area contributed by atoms with Crippen LogP contribution in [0.2, 0.25) is 5.02 Å². The van der Waals surface area contributed by atoms with Gasteiger partial charge in [-0.05, 0) is 43.3 Å². The SMILES string of the molecule is CON(CC(=O)c1ccc(Cl)cc1)c1ccc(C)cc1. The molecule has 0 N–H and O–H groups in total. The monoisotopic (exact) mass is 289 g/mol. The summed E-state index contributed by atoms with van der Waals surface area (Å²) in [6.07, 6.45) is 0. The van der Waals surface area contributed by atoms with Crippen LogP contribution >= 0.6 is 11.6 Å². The number of anilines is 1. The molecule has 0 atom stereocenters. The number of hydroxylamine groups is 1. The van der Waals surface area contributed by atoms with Gasteiger partial charge in [-0.25, -0.2) is 5.06 Å². The first kappa shape index (κ1) is 14.6. The number of benzene rings is 2. The van der Waals surface area contributed by atoms with Crippen LogP contribution in [-0.2, 0) is 4.84 Å². The number of ketones is 1. The zero-order valence-corrected chi connectivity index (χ0v) is 12.2. The molecule has 0 saturated heterocycles. The van der Waals surface area contributed by atoms with E-state index in [1.54, 1.807) is 36.4 Å². The molecule has 2 aromatic rings. The third kappa shape index (κ3) is 3.59. The maximum absolute atomic E-state index is 12.2. The lowest BCUT2D eigenvalue weighted by Gasteiger charge is -2.21. The van der Waals surface area contributed by atoms with E-state index in [1.807, 2.05) is 31.2 Å². The minimum Gasteiger partial charge on any atom is -0.292 e. The normalized spacial score (nSPS) is 10.3. The molecule has 0 saturated carbocycles.